The van der Waals surface area contributed by atoms with E-state index in [0.717, 1.165) is 0 Å². The van der Waals surface area contributed by atoms with Crippen LogP contribution in [0, 0.1) is 0 Å². The average Bonchev–Trinajstić information content (AvgIpc) is 2.87. The Labute approximate surface area is 107 Å². The van der Waals surface area contributed by atoms with Crippen molar-refractivity contribution in [1.82, 2.24) is 9.88 Å². The second kappa shape index (κ2) is 5.16. The number of hydrogen-bond acceptors (Lipinski definition) is 3. The summed E-state index contributed by atoms with van der Waals surface area (Å²) in [6, 6.07) is 1.16. The molecule has 7 heteroatoms. The lowest BCUT2D eigenvalue weighted by atomic mass is 10.1. The first-order valence-electron chi connectivity index (χ1n) is 5.86. The number of aliphatic hydroxyl groups excluding tert-OH is 1. The molecule has 0 aromatic carbocycles. The summed E-state index contributed by atoms with van der Waals surface area (Å²) in [5.74, 6) is -0.923. The maximum absolute atomic E-state index is 12.7. The van der Waals surface area contributed by atoms with Crippen LogP contribution >= 0.6 is 0 Å². The lowest BCUT2D eigenvalue weighted by Crippen LogP contribution is -2.46. The Balaban J connectivity index is 2.15. The van der Waals surface area contributed by atoms with Crippen LogP contribution in [0.5, 0.6) is 0 Å². The van der Waals surface area contributed by atoms with E-state index in [2.05, 4.69) is 4.98 Å². The molecule has 1 amide bonds. The molecule has 0 radical (unpaired) electrons. The second-order valence-corrected chi connectivity index (χ2v) is 4.42. The third kappa shape index (κ3) is 2.86. The van der Waals surface area contributed by atoms with E-state index in [-0.39, 0.29) is 24.9 Å². The van der Waals surface area contributed by atoms with Crippen LogP contribution in [0.2, 0.25) is 0 Å². The normalized spacial score (nSPS) is 21.5. The van der Waals surface area contributed by atoms with Crippen LogP contribution in [0.15, 0.2) is 24.5 Å². The highest BCUT2D eigenvalue weighted by atomic mass is 19.4. The average molecular weight is 274 g/mol. The van der Waals surface area contributed by atoms with Crippen molar-refractivity contribution >= 4 is 5.91 Å². The molecule has 1 aromatic heterocycles. The van der Waals surface area contributed by atoms with Crippen LogP contribution < -0.4 is 0 Å². The van der Waals surface area contributed by atoms with Gasteiger partial charge in [0.2, 0.25) is 0 Å². The van der Waals surface area contributed by atoms with Crippen molar-refractivity contribution < 1.29 is 23.1 Å². The summed E-state index contributed by atoms with van der Waals surface area (Å²) < 4.78 is 38.2. The zero-order chi connectivity index (χ0) is 14.0. The van der Waals surface area contributed by atoms with Crippen LogP contribution in [0.1, 0.15) is 24.5 Å². The van der Waals surface area contributed by atoms with Crippen LogP contribution in [0.25, 0.3) is 0 Å². The van der Waals surface area contributed by atoms with Gasteiger partial charge in [-0.3, -0.25) is 9.78 Å². The number of hydrogen-bond donors (Lipinski definition) is 1. The summed E-state index contributed by atoms with van der Waals surface area (Å²) in [6.07, 6.45) is -3.17. The van der Waals surface area contributed by atoms with E-state index in [1.807, 2.05) is 0 Å². The van der Waals surface area contributed by atoms with E-state index in [4.69, 9.17) is 0 Å². The van der Waals surface area contributed by atoms with E-state index >= 15 is 0 Å². The first-order chi connectivity index (χ1) is 8.91. The Bertz CT molecular complexity index is 450. The summed E-state index contributed by atoms with van der Waals surface area (Å²) in [5, 5.41) is 9.83. The molecule has 1 unspecified atom stereocenters. The van der Waals surface area contributed by atoms with Gasteiger partial charge in [0, 0.05) is 24.5 Å². The van der Waals surface area contributed by atoms with Crippen molar-refractivity contribution in [1.29, 1.82) is 0 Å². The topological polar surface area (TPSA) is 53.4 Å². The Hall–Kier alpha value is -1.63. The molecule has 1 aromatic rings. The minimum absolute atomic E-state index is 0.0142. The number of nitrogens with zero attached hydrogens (tertiary/aromatic N) is 2. The number of aromatic nitrogens is 1. The van der Waals surface area contributed by atoms with Gasteiger partial charge in [-0.1, -0.05) is 6.07 Å². The fourth-order valence-electron chi connectivity index (χ4n) is 2.21. The number of alkyl halides is 3. The number of carbonyl (C=O) groups excluding carboxylic acids is 1. The Morgan fingerprint density at radius 1 is 1.53 bits per heavy atom. The first kappa shape index (κ1) is 13.8. The van der Waals surface area contributed by atoms with Gasteiger partial charge in [-0.05, 0) is 18.9 Å². The number of halogens is 3. The number of amides is 1. The van der Waals surface area contributed by atoms with Crippen molar-refractivity contribution in [2.24, 2.45) is 0 Å². The molecular weight excluding hydrogens is 261 g/mol. The zero-order valence-corrected chi connectivity index (χ0v) is 9.97. The van der Waals surface area contributed by atoms with E-state index < -0.39 is 24.2 Å². The summed E-state index contributed by atoms with van der Waals surface area (Å²) in [6.45, 7) is 0.0142. The molecule has 1 aliphatic rings. The predicted molar refractivity (Wildman–Crippen MR) is 60.0 cm³/mol. The number of aliphatic hydroxyl groups is 1. The molecule has 1 N–H and O–H groups in total. The number of pyridine rings is 1. The van der Waals surface area contributed by atoms with Crippen LogP contribution in [0.3, 0.4) is 0 Å². The SMILES string of the molecule is O=C(C(O)c1cccnc1)N1CCC[C@H]1C(F)(F)F. The molecule has 0 saturated carbocycles. The lowest BCUT2D eigenvalue weighted by Gasteiger charge is -2.28. The molecule has 1 saturated heterocycles. The van der Waals surface area contributed by atoms with Gasteiger partial charge in [-0.2, -0.15) is 13.2 Å². The third-order valence-corrected chi connectivity index (χ3v) is 3.15. The van der Waals surface area contributed by atoms with Gasteiger partial charge in [0.05, 0.1) is 0 Å². The quantitative estimate of drug-likeness (QED) is 0.892. The molecule has 2 atom stereocenters. The van der Waals surface area contributed by atoms with Gasteiger partial charge >= 0.3 is 6.18 Å². The Morgan fingerprint density at radius 2 is 2.26 bits per heavy atom. The Kier molecular flexibility index (Phi) is 3.75. The Morgan fingerprint density at radius 3 is 2.84 bits per heavy atom. The van der Waals surface area contributed by atoms with Crippen molar-refractivity contribution in [3.8, 4) is 0 Å². The monoisotopic (exact) mass is 274 g/mol. The number of rotatable bonds is 2. The zero-order valence-electron chi connectivity index (χ0n) is 9.97. The third-order valence-electron chi connectivity index (χ3n) is 3.15. The largest absolute Gasteiger partial charge is 0.408 e. The first-order valence-corrected chi connectivity index (χ1v) is 5.86. The number of carbonyl (C=O) groups is 1. The van der Waals surface area contributed by atoms with Gasteiger partial charge in [0.25, 0.3) is 5.91 Å². The van der Waals surface area contributed by atoms with Crippen LogP contribution in [-0.4, -0.2) is 39.7 Å². The fraction of sp³-hybridized carbons (Fsp3) is 0.500. The highest BCUT2D eigenvalue weighted by molar-refractivity contribution is 5.82. The van der Waals surface area contributed by atoms with Crippen LogP contribution in [0.4, 0.5) is 13.2 Å². The lowest BCUT2D eigenvalue weighted by molar-refractivity contribution is -0.186. The van der Waals surface area contributed by atoms with E-state index in [9.17, 15) is 23.1 Å². The molecule has 104 valence electrons. The van der Waals surface area contributed by atoms with Crippen LogP contribution in [-0.2, 0) is 4.79 Å². The van der Waals surface area contributed by atoms with Crippen molar-refractivity contribution in [3.63, 3.8) is 0 Å². The molecular formula is C12H13F3N2O2. The molecule has 0 aliphatic carbocycles. The van der Waals surface area contributed by atoms with E-state index in [1.54, 1.807) is 0 Å². The van der Waals surface area contributed by atoms with E-state index in [0.29, 0.717) is 4.90 Å². The minimum Gasteiger partial charge on any atom is -0.378 e. The minimum atomic E-state index is -4.46. The molecule has 2 rings (SSSR count). The second-order valence-electron chi connectivity index (χ2n) is 4.42. The molecule has 4 nitrogen and oxygen atoms in total. The maximum Gasteiger partial charge on any atom is 0.408 e. The highest BCUT2D eigenvalue weighted by Crippen LogP contribution is 2.34. The van der Waals surface area contributed by atoms with Crippen molar-refractivity contribution in [3.05, 3.63) is 30.1 Å². The summed E-state index contributed by atoms with van der Waals surface area (Å²) in [7, 11) is 0. The van der Waals surface area contributed by atoms with Gasteiger partial charge < -0.3 is 10.0 Å². The van der Waals surface area contributed by atoms with E-state index in [1.165, 1.54) is 24.5 Å². The summed E-state index contributed by atoms with van der Waals surface area (Å²) >= 11 is 0. The summed E-state index contributed by atoms with van der Waals surface area (Å²) in [4.78, 5) is 16.4. The van der Waals surface area contributed by atoms with Gasteiger partial charge in [0.1, 0.15) is 6.04 Å². The van der Waals surface area contributed by atoms with Gasteiger partial charge in [-0.25, -0.2) is 0 Å². The van der Waals surface area contributed by atoms with Gasteiger partial charge in [-0.15, -0.1) is 0 Å². The van der Waals surface area contributed by atoms with Crippen molar-refractivity contribution in [2.45, 2.75) is 31.2 Å². The van der Waals surface area contributed by atoms with Crippen molar-refractivity contribution in [2.75, 3.05) is 6.54 Å². The molecule has 19 heavy (non-hydrogen) atoms. The smallest absolute Gasteiger partial charge is 0.378 e. The molecule has 2 heterocycles. The summed E-state index contributed by atoms with van der Waals surface area (Å²) in [5.41, 5.74) is 0.195. The molecule has 0 spiro atoms. The standard InChI is InChI=1S/C12H13F3N2O2/c13-12(14,15)9-4-2-6-17(9)11(19)10(18)8-3-1-5-16-7-8/h1,3,5,7,9-10,18H,2,4,6H2/t9-,10?/m0/s1. The van der Waals surface area contributed by atoms with Gasteiger partial charge in [0.15, 0.2) is 6.10 Å². The number of likely N-dealkylation sites (tertiary alicyclic amines) is 1. The molecule has 1 fully saturated rings. The molecule has 1 aliphatic heterocycles. The predicted octanol–water partition coefficient (Wildman–Crippen LogP) is 1.67. The highest BCUT2D eigenvalue weighted by Gasteiger charge is 2.48. The molecule has 0 bridgehead atoms. The fourth-order valence-corrected chi connectivity index (χ4v) is 2.21. The maximum atomic E-state index is 12.7.